The highest BCUT2D eigenvalue weighted by Crippen LogP contribution is 2.32. The molecule has 0 radical (unpaired) electrons. The van der Waals surface area contributed by atoms with Crippen LogP contribution in [0.25, 0.3) is 10.9 Å². The smallest absolute Gasteiger partial charge is 0.276 e. The topological polar surface area (TPSA) is 111 Å². The van der Waals surface area contributed by atoms with E-state index in [9.17, 15) is 4.79 Å². The molecular formula is C21H23ClN6O2. The van der Waals surface area contributed by atoms with Crippen LogP contribution in [-0.2, 0) is 6.54 Å². The molecule has 9 heteroatoms. The maximum absolute atomic E-state index is 12.4. The molecule has 1 aliphatic heterocycles. The lowest BCUT2D eigenvalue weighted by Crippen LogP contribution is -2.38. The summed E-state index contributed by atoms with van der Waals surface area (Å²) in [5.41, 5.74) is 7.30. The molecule has 0 atom stereocenters. The number of rotatable bonds is 5. The highest BCUT2D eigenvalue weighted by molar-refractivity contribution is 6.35. The average molecular weight is 427 g/mol. The van der Waals surface area contributed by atoms with Crippen molar-refractivity contribution in [3.05, 3.63) is 52.9 Å². The quantitative estimate of drug-likeness (QED) is 0.426. The second-order valence-corrected chi connectivity index (χ2v) is 7.77. The molecule has 0 spiro atoms. The number of likely N-dealkylation sites (tertiary alicyclic amines) is 1. The second kappa shape index (κ2) is 8.33. The van der Waals surface area contributed by atoms with E-state index in [0.717, 1.165) is 30.2 Å². The number of amides is 1. The van der Waals surface area contributed by atoms with Gasteiger partial charge in [0.15, 0.2) is 5.96 Å². The summed E-state index contributed by atoms with van der Waals surface area (Å²) in [5, 5.41) is 8.56. The van der Waals surface area contributed by atoms with Gasteiger partial charge in [0.2, 0.25) is 0 Å². The summed E-state index contributed by atoms with van der Waals surface area (Å²) in [6, 6.07) is 8.87. The molecule has 0 unspecified atom stereocenters. The van der Waals surface area contributed by atoms with Crippen LogP contribution in [0, 0.1) is 5.41 Å². The number of hydrogen-bond donors (Lipinski definition) is 3. The summed E-state index contributed by atoms with van der Waals surface area (Å²) in [6.07, 6.45) is 4.21. The molecule has 8 nitrogen and oxygen atoms in total. The minimum atomic E-state index is -0.419. The number of ether oxygens (including phenoxy) is 1. The number of benzene rings is 1. The Kier molecular flexibility index (Phi) is 5.61. The van der Waals surface area contributed by atoms with Crippen LogP contribution >= 0.6 is 11.6 Å². The van der Waals surface area contributed by atoms with Crippen LogP contribution in [0.1, 0.15) is 29.0 Å². The number of nitrogens with two attached hydrogens (primary N) is 1. The molecule has 0 aliphatic carbocycles. The van der Waals surface area contributed by atoms with Crippen LogP contribution in [0.3, 0.4) is 0 Å². The first-order chi connectivity index (χ1) is 14.4. The van der Waals surface area contributed by atoms with Crippen LogP contribution in [0.15, 0.2) is 36.5 Å². The van der Waals surface area contributed by atoms with Crippen molar-refractivity contribution >= 4 is 34.4 Å². The predicted octanol–water partition coefficient (Wildman–Crippen LogP) is 3.57. The number of aromatic amines is 1. The predicted molar refractivity (Wildman–Crippen MR) is 116 cm³/mol. The Balaban J connectivity index is 1.56. The van der Waals surface area contributed by atoms with Crippen LogP contribution in [0.4, 0.5) is 0 Å². The Labute approximate surface area is 179 Å². The molecule has 156 valence electrons. The van der Waals surface area contributed by atoms with E-state index in [1.54, 1.807) is 30.5 Å². The van der Waals surface area contributed by atoms with Crippen LogP contribution in [0.2, 0.25) is 5.02 Å². The third kappa shape index (κ3) is 4.24. The number of hydrogen-bond acceptors (Lipinski definition) is 5. The first kappa shape index (κ1) is 20.2. The Morgan fingerprint density at radius 2 is 2.07 bits per heavy atom. The average Bonchev–Trinajstić information content (AvgIpc) is 3.37. The summed E-state index contributed by atoms with van der Waals surface area (Å²) in [4.78, 5) is 23.3. The number of nitrogens with zero attached hydrogens (tertiary/aromatic N) is 3. The van der Waals surface area contributed by atoms with Crippen molar-refractivity contribution in [3.8, 4) is 11.5 Å². The molecule has 1 amide bonds. The zero-order valence-electron chi connectivity index (χ0n) is 16.6. The number of H-pyrrole nitrogens is 1. The highest BCUT2D eigenvalue weighted by atomic mass is 35.5. The first-order valence-electron chi connectivity index (χ1n) is 9.70. The van der Waals surface area contributed by atoms with Gasteiger partial charge in [-0.2, -0.15) is 0 Å². The number of halogens is 1. The lowest BCUT2D eigenvalue weighted by Gasteiger charge is -2.14. The van der Waals surface area contributed by atoms with Crippen LogP contribution < -0.4 is 10.5 Å². The van der Waals surface area contributed by atoms with Crippen LogP contribution in [0.5, 0.6) is 11.5 Å². The van der Waals surface area contributed by atoms with E-state index in [0.29, 0.717) is 33.1 Å². The minimum Gasteiger partial charge on any atom is -0.457 e. The van der Waals surface area contributed by atoms with E-state index < -0.39 is 5.91 Å². The van der Waals surface area contributed by atoms with Crippen molar-refractivity contribution in [2.75, 3.05) is 20.1 Å². The van der Waals surface area contributed by atoms with Crippen molar-refractivity contribution in [2.45, 2.75) is 19.4 Å². The van der Waals surface area contributed by atoms with E-state index >= 15 is 0 Å². The van der Waals surface area contributed by atoms with Gasteiger partial charge in [-0.3, -0.25) is 25.0 Å². The maximum Gasteiger partial charge on any atom is 0.276 e. The summed E-state index contributed by atoms with van der Waals surface area (Å²) < 4.78 is 6.02. The van der Waals surface area contributed by atoms with Gasteiger partial charge in [-0.1, -0.05) is 11.6 Å². The number of guanidine groups is 1. The normalized spacial score (nSPS) is 14.2. The molecule has 0 saturated carbocycles. The number of nitrogens with one attached hydrogen (secondary N) is 2. The van der Waals surface area contributed by atoms with Gasteiger partial charge >= 0.3 is 0 Å². The Morgan fingerprint density at radius 1 is 1.30 bits per heavy atom. The fourth-order valence-corrected chi connectivity index (χ4v) is 3.81. The van der Waals surface area contributed by atoms with E-state index in [2.05, 4.69) is 14.9 Å². The van der Waals surface area contributed by atoms with Gasteiger partial charge < -0.3 is 15.5 Å². The molecule has 3 aromatic rings. The lowest BCUT2D eigenvalue weighted by molar-refractivity contribution is 0.0864. The van der Waals surface area contributed by atoms with E-state index in [-0.39, 0.29) is 5.96 Å². The lowest BCUT2D eigenvalue weighted by atomic mass is 10.2. The second-order valence-electron chi connectivity index (χ2n) is 7.37. The van der Waals surface area contributed by atoms with Crippen molar-refractivity contribution in [1.29, 1.82) is 5.41 Å². The summed E-state index contributed by atoms with van der Waals surface area (Å²) in [7, 11) is 1.44. The molecular weight excluding hydrogens is 404 g/mol. The molecule has 4 rings (SSSR count). The summed E-state index contributed by atoms with van der Waals surface area (Å²) >= 11 is 6.42. The SMILES string of the molecule is CN(C(=N)N)C(=O)c1cc2c(Cl)cc(Oc3ccnc(CN4CCCC4)c3)cc2[nH]1. The van der Waals surface area contributed by atoms with Crippen molar-refractivity contribution < 1.29 is 9.53 Å². The molecule has 0 bridgehead atoms. The van der Waals surface area contributed by atoms with Crippen molar-refractivity contribution in [1.82, 2.24) is 19.8 Å². The zero-order chi connectivity index (χ0) is 21.3. The molecule has 4 N–H and O–H groups in total. The molecule has 2 aromatic heterocycles. The van der Waals surface area contributed by atoms with E-state index in [1.807, 2.05) is 6.07 Å². The zero-order valence-corrected chi connectivity index (χ0v) is 17.4. The number of carbonyl (C=O) groups is 1. The van der Waals surface area contributed by atoms with Gasteiger partial charge in [-0.05, 0) is 38.1 Å². The molecule has 1 aromatic carbocycles. The Bertz CT molecular complexity index is 1110. The minimum absolute atomic E-state index is 0.290. The van der Waals surface area contributed by atoms with Crippen molar-refractivity contribution in [3.63, 3.8) is 0 Å². The van der Waals surface area contributed by atoms with Gasteiger partial charge in [0.1, 0.15) is 17.2 Å². The molecule has 3 heterocycles. The fraction of sp³-hybridized carbons (Fsp3) is 0.286. The third-order valence-corrected chi connectivity index (χ3v) is 5.48. The van der Waals surface area contributed by atoms with Gasteiger partial charge in [0.05, 0.1) is 16.2 Å². The third-order valence-electron chi connectivity index (χ3n) is 5.17. The number of carbonyl (C=O) groups excluding carboxylic acids is 1. The van der Waals surface area contributed by atoms with Crippen molar-refractivity contribution in [2.24, 2.45) is 5.73 Å². The molecule has 30 heavy (non-hydrogen) atoms. The Morgan fingerprint density at radius 3 is 2.80 bits per heavy atom. The monoisotopic (exact) mass is 426 g/mol. The van der Waals surface area contributed by atoms with Gasteiger partial charge in [0, 0.05) is 43.4 Å². The largest absolute Gasteiger partial charge is 0.457 e. The van der Waals surface area contributed by atoms with Gasteiger partial charge in [0.25, 0.3) is 5.91 Å². The van der Waals surface area contributed by atoms with Gasteiger partial charge in [-0.25, -0.2) is 0 Å². The number of pyridine rings is 1. The Hall–Kier alpha value is -3.10. The molecule has 1 fully saturated rings. The highest BCUT2D eigenvalue weighted by Gasteiger charge is 2.18. The van der Waals surface area contributed by atoms with Gasteiger partial charge in [-0.15, -0.1) is 0 Å². The number of fused-ring (bicyclic) bond motifs is 1. The summed E-state index contributed by atoms with van der Waals surface area (Å²) in [6.45, 7) is 3.01. The van der Waals surface area contributed by atoms with E-state index in [1.165, 1.54) is 19.9 Å². The standard InChI is InChI=1S/C21H23ClN6O2/c1-27(21(23)24)20(29)19-11-16-17(22)9-15(10-18(16)26-19)30-14-4-5-25-13(8-14)12-28-6-2-3-7-28/h4-5,8-11,26H,2-3,6-7,12H2,1H3,(H3,23,24). The summed E-state index contributed by atoms with van der Waals surface area (Å²) in [5.74, 6) is 0.467. The fourth-order valence-electron chi connectivity index (χ4n) is 3.54. The van der Waals surface area contributed by atoms with Crippen LogP contribution in [-0.4, -0.2) is 51.8 Å². The van der Waals surface area contributed by atoms with E-state index in [4.69, 9.17) is 27.5 Å². The number of aromatic nitrogens is 2. The first-order valence-corrected chi connectivity index (χ1v) is 10.1. The maximum atomic E-state index is 12.4. The molecule has 1 aliphatic rings. The molecule has 1 saturated heterocycles.